The van der Waals surface area contributed by atoms with Crippen LogP contribution in [0.1, 0.15) is 19.4 Å². The van der Waals surface area contributed by atoms with Crippen LogP contribution in [0.25, 0.3) is 0 Å². The average Bonchev–Trinajstić information content (AvgIpc) is 2.62. The molecule has 6 nitrogen and oxygen atoms in total. The van der Waals surface area contributed by atoms with Gasteiger partial charge in [-0.15, -0.1) is 0 Å². The summed E-state index contributed by atoms with van der Waals surface area (Å²) in [7, 11) is 0. The molecule has 1 amide bonds. The fraction of sp³-hybridized carbons (Fsp3) is 0.167. The van der Waals surface area contributed by atoms with Gasteiger partial charge >= 0.3 is 0 Å². The number of nitrogens with zero attached hydrogens (tertiary/aromatic N) is 2. The Morgan fingerprint density at radius 2 is 1.71 bits per heavy atom. The van der Waals surface area contributed by atoms with Gasteiger partial charge in [-0.25, -0.2) is 0 Å². The van der Waals surface area contributed by atoms with Crippen molar-refractivity contribution in [3.63, 3.8) is 0 Å². The summed E-state index contributed by atoms with van der Waals surface area (Å²) in [4.78, 5) is 12.2. The second-order valence-corrected chi connectivity index (χ2v) is 5.13. The summed E-state index contributed by atoms with van der Waals surface area (Å²) < 4.78 is 0. The number of carbonyl (C=O) groups is 1. The Balaban J connectivity index is 2.04. The Morgan fingerprint density at radius 1 is 1.04 bits per heavy atom. The highest BCUT2D eigenvalue weighted by atomic mass is 16.4. The van der Waals surface area contributed by atoms with Crippen LogP contribution in [0, 0.1) is 0 Å². The van der Waals surface area contributed by atoms with E-state index in [1.54, 1.807) is 31.2 Å². The number of rotatable bonds is 6. The minimum atomic E-state index is -0.534. The van der Waals surface area contributed by atoms with Gasteiger partial charge in [-0.1, -0.05) is 42.4 Å². The highest BCUT2D eigenvalue weighted by molar-refractivity contribution is 6.68. The summed E-state index contributed by atoms with van der Waals surface area (Å²) in [6.07, 6.45) is 0.962. The third kappa shape index (κ3) is 4.67. The number of para-hydroxylation sites is 1. The predicted molar refractivity (Wildman–Crippen MR) is 96.8 cm³/mol. The van der Waals surface area contributed by atoms with Crippen LogP contribution in [0.4, 0.5) is 11.4 Å². The second kappa shape index (κ2) is 8.47. The Labute approximate surface area is 140 Å². The lowest BCUT2D eigenvalue weighted by Gasteiger charge is -2.07. The van der Waals surface area contributed by atoms with Crippen LogP contribution in [-0.2, 0) is 11.2 Å². The molecule has 0 unspecified atom stereocenters. The Bertz CT molecular complexity index is 737. The molecule has 124 valence electrons. The van der Waals surface area contributed by atoms with Gasteiger partial charge in [-0.3, -0.25) is 10.2 Å². The number of amides is 1. The predicted octanol–water partition coefficient (Wildman–Crippen LogP) is 3.51. The van der Waals surface area contributed by atoms with Crippen molar-refractivity contribution in [2.45, 2.75) is 20.3 Å². The van der Waals surface area contributed by atoms with E-state index in [1.165, 1.54) is 5.56 Å². The zero-order chi connectivity index (χ0) is 17.4. The van der Waals surface area contributed by atoms with Crippen LogP contribution in [-0.4, -0.2) is 22.5 Å². The molecule has 2 aromatic rings. The minimum Gasteiger partial charge on any atom is -0.410 e. The highest BCUT2D eigenvalue weighted by Gasteiger charge is 2.16. The zero-order valence-electron chi connectivity index (χ0n) is 13.7. The standard InChI is InChI=1S/C18H20N4O2/c1-3-14-9-11-16(12-10-14)21-20-13(2)17(22-24)18(23)19-15-7-5-4-6-8-15/h4-12,21,24H,3H2,1-2H3,(H,19,23)/b20-13-,22-17-. The van der Waals surface area contributed by atoms with Gasteiger partial charge in [0.15, 0.2) is 5.71 Å². The van der Waals surface area contributed by atoms with E-state index in [4.69, 9.17) is 5.21 Å². The van der Waals surface area contributed by atoms with E-state index in [0.29, 0.717) is 5.69 Å². The number of benzene rings is 2. The van der Waals surface area contributed by atoms with Gasteiger partial charge in [-0.05, 0) is 43.2 Å². The quantitative estimate of drug-likeness (QED) is 0.432. The van der Waals surface area contributed by atoms with Gasteiger partial charge in [0, 0.05) is 5.69 Å². The lowest BCUT2D eigenvalue weighted by atomic mass is 10.2. The molecule has 0 radical (unpaired) electrons. The minimum absolute atomic E-state index is 0.156. The normalized spacial score (nSPS) is 11.9. The third-order valence-electron chi connectivity index (χ3n) is 3.40. The number of carbonyl (C=O) groups excluding carboxylic acids is 1. The zero-order valence-corrected chi connectivity index (χ0v) is 13.7. The van der Waals surface area contributed by atoms with E-state index >= 15 is 0 Å². The summed E-state index contributed by atoms with van der Waals surface area (Å²) >= 11 is 0. The molecular formula is C18H20N4O2. The maximum atomic E-state index is 12.2. The molecule has 3 N–H and O–H groups in total. The van der Waals surface area contributed by atoms with Gasteiger partial charge in [-0.2, -0.15) is 5.10 Å². The molecule has 0 fully saturated rings. The van der Waals surface area contributed by atoms with Crippen molar-refractivity contribution in [1.29, 1.82) is 0 Å². The van der Waals surface area contributed by atoms with Crippen LogP contribution >= 0.6 is 0 Å². The molecule has 0 saturated carbocycles. The molecule has 0 bridgehead atoms. The number of hydrazone groups is 1. The molecule has 2 aromatic carbocycles. The molecule has 0 spiro atoms. The smallest absolute Gasteiger partial charge is 0.279 e. The van der Waals surface area contributed by atoms with Crippen LogP contribution in [0.2, 0.25) is 0 Å². The molecule has 2 rings (SSSR count). The van der Waals surface area contributed by atoms with Crippen molar-refractivity contribution in [2.24, 2.45) is 10.3 Å². The number of nitrogens with one attached hydrogen (secondary N) is 2. The molecular weight excluding hydrogens is 304 g/mol. The SMILES string of the molecule is CCc1ccc(N/N=C(C)\C(=N\O)C(=O)Nc2ccccc2)cc1. The van der Waals surface area contributed by atoms with Crippen molar-refractivity contribution < 1.29 is 10.0 Å². The van der Waals surface area contributed by atoms with Crippen molar-refractivity contribution in [2.75, 3.05) is 10.7 Å². The van der Waals surface area contributed by atoms with E-state index in [9.17, 15) is 4.79 Å². The van der Waals surface area contributed by atoms with Crippen molar-refractivity contribution >= 4 is 28.7 Å². The highest BCUT2D eigenvalue weighted by Crippen LogP contribution is 2.10. The summed E-state index contributed by atoms with van der Waals surface area (Å²) in [6.45, 7) is 3.67. The fourth-order valence-corrected chi connectivity index (χ4v) is 2.01. The monoisotopic (exact) mass is 324 g/mol. The molecule has 6 heteroatoms. The van der Waals surface area contributed by atoms with Gasteiger partial charge in [0.1, 0.15) is 0 Å². The number of oxime groups is 1. The van der Waals surface area contributed by atoms with Gasteiger partial charge < -0.3 is 10.5 Å². The first-order valence-corrected chi connectivity index (χ1v) is 7.62. The van der Waals surface area contributed by atoms with Crippen LogP contribution in [0.15, 0.2) is 64.9 Å². The van der Waals surface area contributed by atoms with Gasteiger partial charge in [0.25, 0.3) is 5.91 Å². The maximum absolute atomic E-state index is 12.2. The number of hydrogen-bond donors (Lipinski definition) is 3. The summed E-state index contributed by atoms with van der Waals surface area (Å²) in [6, 6.07) is 16.7. The maximum Gasteiger partial charge on any atom is 0.279 e. The van der Waals surface area contributed by atoms with Crippen molar-refractivity contribution in [3.8, 4) is 0 Å². The fourth-order valence-electron chi connectivity index (χ4n) is 2.01. The molecule has 0 saturated heterocycles. The summed E-state index contributed by atoms with van der Waals surface area (Å²) in [5, 5.41) is 18.9. The molecule has 24 heavy (non-hydrogen) atoms. The second-order valence-electron chi connectivity index (χ2n) is 5.13. The molecule has 0 aliphatic heterocycles. The molecule has 0 atom stereocenters. The third-order valence-corrected chi connectivity index (χ3v) is 3.40. The number of hydrogen-bond acceptors (Lipinski definition) is 5. The summed E-state index contributed by atoms with van der Waals surface area (Å²) in [5.41, 5.74) is 5.58. The first kappa shape index (κ1) is 17.2. The van der Waals surface area contributed by atoms with Crippen LogP contribution in [0.3, 0.4) is 0 Å². The lowest BCUT2D eigenvalue weighted by molar-refractivity contribution is -0.110. The topological polar surface area (TPSA) is 86.1 Å². The first-order chi connectivity index (χ1) is 11.6. The van der Waals surface area contributed by atoms with Gasteiger partial charge in [0.2, 0.25) is 0 Å². The Hall–Kier alpha value is -3.15. The molecule has 0 aliphatic carbocycles. The van der Waals surface area contributed by atoms with E-state index in [0.717, 1.165) is 12.1 Å². The Kier molecular flexibility index (Phi) is 6.08. The number of anilines is 2. The first-order valence-electron chi connectivity index (χ1n) is 7.62. The van der Waals surface area contributed by atoms with E-state index in [2.05, 4.69) is 27.9 Å². The molecule has 0 heterocycles. The molecule has 0 aliphatic rings. The van der Waals surface area contributed by atoms with Crippen LogP contribution < -0.4 is 10.7 Å². The molecule has 0 aromatic heterocycles. The van der Waals surface area contributed by atoms with E-state index < -0.39 is 5.91 Å². The number of aryl methyl sites for hydroxylation is 1. The lowest BCUT2D eigenvalue weighted by Crippen LogP contribution is -2.29. The van der Waals surface area contributed by atoms with E-state index in [-0.39, 0.29) is 11.4 Å². The van der Waals surface area contributed by atoms with Crippen molar-refractivity contribution in [3.05, 3.63) is 60.2 Å². The average molecular weight is 324 g/mol. The largest absolute Gasteiger partial charge is 0.410 e. The van der Waals surface area contributed by atoms with Crippen LogP contribution in [0.5, 0.6) is 0 Å². The van der Waals surface area contributed by atoms with Crippen molar-refractivity contribution in [1.82, 2.24) is 0 Å². The van der Waals surface area contributed by atoms with Gasteiger partial charge in [0.05, 0.1) is 11.4 Å². The Morgan fingerprint density at radius 3 is 2.29 bits per heavy atom. The van der Waals surface area contributed by atoms with E-state index in [1.807, 2.05) is 30.3 Å². The summed E-state index contributed by atoms with van der Waals surface area (Å²) in [5.74, 6) is -0.534.